The maximum atomic E-state index is 13.1. The SMILES string of the molecule is COc1ccc2c(c1)nc(-c1ccc(F)cc1N)n2C. The smallest absolute Gasteiger partial charge is 0.142 e. The standard InChI is InChI=1S/C15H14FN3O/c1-19-14-6-4-10(20-2)8-13(14)18-15(19)11-5-3-9(16)7-12(11)17/h3-8H,17H2,1-2H3. The third kappa shape index (κ3) is 1.87. The molecule has 0 saturated heterocycles. The van der Waals surface area contributed by atoms with Crippen LogP contribution in [0.2, 0.25) is 0 Å². The van der Waals surface area contributed by atoms with E-state index in [2.05, 4.69) is 4.98 Å². The minimum atomic E-state index is -0.355. The summed E-state index contributed by atoms with van der Waals surface area (Å²) < 4.78 is 20.3. The third-order valence-corrected chi connectivity index (χ3v) is 3.34. The molecule has 0 aliphatic rings. The molecular formula is C15H14FN3O. The highest BCUT2D eigenvalue weighted by Crippen LogP contribution is 2.29. The number of imidazole rings is 1. The minimum Gasteiger partial charge on any atom is -0.497 e. The van der Waals surface area contributed by atoms with Gasteiger partial charge >= 0.3 is 0 Å². The molecule has 0 atom stereocenters. The van der Waals surface area contributed by atoms with Crippen LogP contribution in [-0.4, -0.2) is 16.7 Å². The van der Waals surface area contributed by atoms with Crippen LogP contribution < -0.4 is 10.5 Å². The Bertz CT molecular complexity index is 795. The lowest BCUT2D eigenvalue weighted by atomic mass is 10.1. The number of anilines is 1. The molecule has 0 saturated carbocycles. The van der Waals surface area contributed by atoms with E-state index in [4.69, 9.17) is 10.5 Å². The van der Waals surface area contributed by atoms with E-state index >= 15 is 0 Å². The summed E-state index contributed by atoms with van der Waals surface area (Å²) in [6, 6.07) is 9.99. The molecular weight excluding hydrogens is 257 g/mol. The molecule has 1 heterocycles. The van der Waals surface area contributed by atoms with Crippen molar-refractivity contribution in [3.05, 3.63) is 42.2 Å². The van der Waals surface area contributed by atoms with E-state index in [0.717, 1.165) is 16.8 Å². The van der Waals surface area contributed by atoms with E-state index in [1.165, 1.54) is 12.1 Å². The zero-order chi connectivity index (χ0) is 14.3. The number of nitrogens with zero attached hydrogens (tertiary/aromatic N) is 2. The summed E-state index contributed by atoms with van der Waals surface area (Å²) in [5.74, 6) is 1.09. The number of fused-ring (bicyclic) bond motifs is 1. The lowest BCUT2D eigenvalue weighted by molar-refractivity contribution is 0.415. The lowest BCUT2D eigenvalue weighted by Gasteiger charge is -2.06. The zero-order valence-corrected chi connectivity index (χ0v) is 11.2. The van der Waals surface area contributed by atoms with E-state index in [0.29, 0.717) is 17.1 Å². The zero-order valence-electron chi connectivity index (χ0n) is 11.2. The van der Waals surface area contributed by atoms with Gasteiger partial charge in [0.25, 0.3) is 0 Å². The van der Waals surface area contributed by atoms with Gasteiger partial charge in [-0.25, -0.2) is 9.37 Å². The molecule has 1 aromatic heterocycles. The predicted octanol–water partition coefficient (Wildman–Crippen LogP) is 2.97. The van der Waals surface area contributed by atoms with Crippen LogP contribution in [0.4, 0.5) is 10.1 Å². The van der Waals surface area contributed by atoms with Crippen molar-refractivity contribution in [2.75, 3.05) is 12.8 Å². The van der Waals surface area contributed by atoms with E-state index in [-0.39, 0.29) is 5.82 Å². The van der Waals surface area contributed by atoms with Gasteiger partial charge in [-0.05, 0) is 30.3 Å². The van der Waals surface area contributed by atoms with Crippen LogP contribution in [0.3, 0.4) is 0 Å². The molecule has 20 heavy (non-hydrogen) atoms. The fourth-order valence-electron chi connectivity index (χ4n) is 2.28. The van der Waals surface area contributed by atoms with Gasteiger partial charge in [0.1, 0.15) is 17.4 Å². The van der Waals surface area contributed by atoms with Crippen LogP contribution in [0.25, 0.3) is 22.4 Å². The fourth-order valence-corrected chi connectivity index (χ4v) is 2.28. The Kier molecular flexibility index (Phi) is 2.82. The highest BCUT2D eigenvalue weighted by molar-refractivity contribution is 5.84. The van der Waals surface area contributed by atoms with Crippen LogP contribution >= 0.6 is 0 Å². The van der Waals surface area contributed by atoms with Crippen LogP contribution in [0, 0.1) is 5.82 Å². The second-order valence-corrected chi connectivity index (χ2v) is 4.58. The summed E-state index contributed by atoms with van der Waals surface area (Å²) in [5, 5.41) is 0. The minimum absolute atomic E-state index is 0.355. The Morgan fingerprint density at radius 1 is 1.20 bits per heavy atom. The van der Waals surface area contributed by atoms with Crippen LogP contribution in [0.5, 0.6) is 5.75 Å². The molecule has 102 valence electrons. The maximum absolute atomic E-state index is 13.1. The Labute approximate surface area is 115 Å². The molecule has 0 aliphatic carbocycles. The molecule has 0 radical (unpaired) electrons. The average molecular weight is 271 g/mol. The highest BCUT2D eigenvalue weighted by Gasteiger charge is 2.13. The van der Waals surface area contributed by atoms with Crippen molar-refractivity contribution < 1.29 is 9.13 Å². The molecule has 3 aromatic rings. The molecule has 2 aromatic carbocycles. The number of nitrogen functional groups attached to an aromatic ring is 1. The molecule has 0 amide bonds. The molecule has 0 unspecified atom stereocenters. The maximum Gasteiger partial charge on any atom is 0.142 e. The monoisotopic (exact) mass is 271 g/mol. The predicted molar refractivity (Wildman–Crippen MR) is 77.1 cm³/mol. The summed E-state index contributed by atoms with van der Waals surface area (Å²) in [6.07, 6.45) is 0. The number of ether oxygens (including phenoxy) is 1. The molecule has 0 bridgehead atoms. The van der Waals surface area contributed by atoms with Crippen molar-refractivity contribution in [3.8, 4) is 17.1 Å². The number of nitrogens with two attached hydrogens (primary N) is 1. The first kappa shape index (κ1) is 12.5. The molecule has 4 nitrogen and oxygen atoms in total. The molecule has 0 spiro atoms. The summed E-state index contributed by atoms with van der Waals surface area (Å²) >= 11 is 0. The van der Waals surface area contributed by atoms with E-state index in [1.807, 2.05) is 29.8 Å². The Hall–Kier alpha value is -2.56. The van der Waals surface area contributed by atoms with Gasteiger partial charge in [-0.15, -0.1) is 0 Å². The Morgan fingerprint density at radius 3 is 2.70 bits per heavy atom. The number of aromatic nitrogens is 2. The molecule has 0 fully saturated rings. The number of benzene rings is 2. The molecule has 3 rings (SSSR count). The van der Waals surface area contributed by atoms with Gasteiger partial charge < -0.3 is 15.0 Å². The third-order valence-electron chi connectivity index (χ3n) is 3.34. The van der Waals surface area contributed by atoms with Gasteiger partial charge in [-0.3, -0.25) is 0 Å². The molecule has 2 N–H and O–H groups in total. The van der Waals surface area contributed by atoms with Gasteiger partial charge in [0.15, 0.2) is 0 Å². The topological polar surface area (TPSA) is 53.1 Å². The van der Waals surface area contributed by atoms with Crippen LogP contribution in [0.1, 0.15) is 0 Å². The van der Waals surface area contributed by atoms with Gasteiger partial charge in [0.05, 0.1) is 18.1 Å². The van der Waals surface area contributed by atoms with Gasteiger partial charge in [0.2, 0.25) is 0 Å². The second kappa shape index (κ2) is 4.52. The van der Waals surface area contributed by atoms with E-state index in [9.17, 15) is 4.39 Å². The van der Waals surface area contributed by atoms with Crippen molar-refractivity contribution >= 4 is 16.7 Å². The number of hydrogen-bond donors (Lipinski definition) is 1. The van der Waals surface area contributed by atoms with E-state index < -0.39 is 0 Å². The van der Waals surface area contributed by atoms with Crippen LogP contribution in [0.15, 0.2) is 36.4 Å². The number of halogens is 1. The lowest BCUT2D eigenvalue weighted by Crippen LogP contribution is -1.97. The van der Waals surface area contributed by atoms with Crippen molar-refractivity contribution in [3.63, 3.8) is 0 Å². The molecule has 0 aliphatic heterocycles. The number of rotatable bonds is 2. The normalized spacial score (nSPS) is 10.9. The number of methoxy groups -OCH3 is 1. The number of aryl methyl sites for hydroxylation is 1. The second-order valence-electron chi connectivity index (χ2n) is 4.58. The highest BCUT2D eigenvalue weighted by atomic mass is 19.1. The van der Waals surface area contributed by atoms with Crippen LogP contribution in [-0.2, 0) is 7.05 Å². The van der Waals surface area contributed by atoms with Gasteiger partial charge in [0, 0.05) is 24.4 Å². The Morgan fingerprint density at radius 2 is 2.00 bits per heavy atom. The Balaban J connectivity index is 2.23. The summed E-state index contributed by atoms with van der Waals surface area (Å²) in [4.78, 5) is 4.56. The van der Waals surface area contributed by atoms with Crippen molar-refractivity contribution in [1.29, 1.82) is 0 Å². The quantitative estimate of drug-likeness (QED) is 0.729. The van der Waals surface area contributed by atoms with Crippen molar-refractivity contribution in [1.82, 2.24) is 9.55 Å². The summed E-state index contributed by atoms with van der Waals surface area (Å²) in [5.41, 5.74) is 8.74. The fraction of sp³-hybridized carbons (Fsp3) is 0.133. The first-order valence-corrected chi connectivity index (χ1v) is 6.16. The largest absolute Gasteiger partial charge is 0.497 e. The molecule has 5 heteroatoms. The van der Waals surface area contributed by atoms with Gasteiger partial charge in [-0.2, -0.15) is 0 Å². The number of hydrogen-bond acceptors (Lipinski definition) is 3. The van der Waals surface area contributed by atoms with Crippen molar-refractivity contribution in [2.45, 2.75) is 0 Å². The van der Waals surface area contributed by atoms with E-state index in [1.54, 1.807) is 13.2 Å². The first-order chi connectivity index (χ1) is 9.60. The summed E-state index contributed by atoms with van der Waals surface area (Å²) in [6.45, 7) is 0. The average Bonchev–Trinajstić information content (AvgIpc) is 2.75. The van der Waals surface area contributed by atoms with Crippen molar-refractivity contribution in [2.24, 2.45) is 7.05 Å². The first-order valence-electron chi connectivity index (χ1n) is 6.16. The van der Waals surface area contributed by atoms with Gasteiger partial charge in [-0.1, -0.05) is 0 Å². The summed E-state index contributed by atoms with van der Waals surface area (Å²) in [7, 11) is 3.52.